The zero-order valence-corrected chi connectivity index (χ0v) is 14.4. The van der Waals surface area contributed by atoms with Crippen LogP contribution in [-0.2, 0) is 9.53 Å². The van der Waals surface area contributed by atoms with E-state index in [0.29, 0.717) is 6.54 Å². The monoisotopic (exact) mass is 329 g/mol. The maximum atomic E-state index is 12.8. The molecule has 0 bridgehead atoms. The predicted molar refractivity (Wildman–Crippen MR) is 94.0 cm³/mol. The summed E-state index contributed by atoms with van der Waals surface area (Å²) in [6.45, 7) is 5.20. The van der Waals surface area contributed by atoms with E-state index in [1.807, 2.05) is 38.1 Å². The van der Waals surface area contributed by atoms with Gasteiger partial charge in [-0.05, 0) is 51.0 Å². The van der Waals surface area contributed by atoms with Gasteiger partial charge in [-0.25, -0.2) is 0 Å². The van der Waals surface area contributed by atoms with Gasteiger partial charge in [0.1, 0.15) is 11.7 Å². The quantitative estimate of drug-likeness (QED) is 0.780. The average Bonchev–Trinajstić information content (AvgIpc) is 3.21. The summed E-state index contributed by atoms with van der Waals surface area (Å²) in [5, 5.41) is 5.87. The lowest BCUT2D eigenvalue weighted by Gasteiger charge is -2.15. The van der Waals surface area contributed by atoms with Crippen LogP contribution >= 0.6 is 0 Å². The third kappa shape index (κ3) is 3.33. The molecule has 1 saturated heterocycles. The number of hydrogen-bond acceptors (Lipinski definition) is 5. The second-order valence-corrected chi connectivity index (χ2v) is 6.14. The van der Waals surface area contributed by atoms with Crippen LogP contribution in [0.4, 0.5) is 5.69 Å². The zero-order valence-electron chi connectivity index (χ0n) is 14.4. The molecule has 6 heteroatoms. The van der Waals surface area contributed by atoms with E-state index in [1.54, 1.807) is 7.11 Å². The van der Waals surface area contributed by atoms with Crippen LogP contribution in [0.1, 0.15) is 26.7 Å². The second kappa shape index (κ2) is 7.13. The molecule has 2 atom stereocenters. The number of methoxy groups -OCH3 is 1. The molecule has 128 valence electrons. The van der Waals surface area contributed by atoms with E-state index in [1.165, 1.54) is 5.01 Å². The molecular formula is C18H23N3O3. The molecule has 1 aromatic rings. The summed E-state index contributed by atoms with van der Waals surface area (Å²) < 4.78 is 10.7. The van der Waals surface area contributed by atoms with E-state index in [9.17, 15) is 4.79 Å². The highest BCUT2D eigenvalue weighted by Crippen LogP contribution is 2.26. The Bertz CT molecular complexity index is 661. The molecule has 1 fully saturated rings. The summed E-state index contributed by atoms with van der Waals surface area (Å²) in [5.41, 5.74) is 2.30. The van der Waals surface area contributed by atoms with E-state index < -0.39 is 0 Å². The lowest BCUT2D eigenvalue weighted by molar-refractivity contribution is -0.118. The van der Waals surface area contributed by atoms with Crippen LogP contribution in [0.2, 0.25) is 0 Å². The minimum Gasteiger partial charge on any atom is -0.497 e. The van der Waals surface area contributed by atoms with E-state index in [-0.39, 0.29) is 17.9 Å². The second-order valence-electron chi connectivity index (χ2n) is 6.14. The molecular weight excluding hydrogens is 306 g/mol. The van der Waals surface area contributed by atoms with Crippen molar-refractivity contribution in [1.82, 2.24) is 0 Å². The summed E-state index contributed by atoms with van der Waals surface area (Å²) in [5.74, 6) is 0.303. The zero-order chi connectivity index (χ0) is 17.1. The van der Waals surface area contributed by atoms with Crippen LogP contribution in [0, 0.1) is 5.92 Å². The Morgan fingerprint density at radius 3 is 2.79 bits per heavy atom. The number of hydrogen-bond donors (Lipinski definition) is 0. The van der Waals surface area contributed by atoms with Crippen molar-refractivity contribution in [3.05, 3.63) is 24.3 Å². The number of carbonyl (C=O) groups excluding carboxylic acids is 1. The first-order valence-electron chi connectivity index (χ1n) is 8.26. The van der Waals surface area contributed by atoms with Crippen LogP contribution in [0.15, 0.2) is 34.4 Å². The Morgan fingerprint density at radius 1 is 1.42 bits per heavy atom. The SMILES string of the molecule is COc1ccc(N2N=C(C)[C@H](C(C)=NC[C@H]3CCCO3)C2=O)cc1. The van der Waals surface area contributed by atoms with Crippen molar-refractivity contribution in [1.29, 1.82) is 0 Å². The third-order valence-electron chi connectivity index (χ3n) is 4.43. The number of amides is 1. The normalized spacial score (nSPS) is 24.5. The van der Waals surface area contributed by atoms with E-state index in [4.69, 9.17) is 9.47 Å². The van der Waals surface area contributed by atoms with Gasteiger partial charge >= 0.3 is 0 Å². The van der Waals surface area contributed by atoms with Gasteiger partial charge in [0.25, 0.3) is 5.91 Å². The molecule has 0 saturated carbocycles. The van der Waals surface area contributed by atoms with E-state index >= 15 is 0 Å². The minimum atomic E-state index is -0.381. The molecule has 1 amide bonds. The van der Waals surface area contributed by atoms with Crippen molar-refractivity contribution in [3.8, 4) is 5.75 Å². The standard InChI is InChI=1S/C18H23N3O3/c1-12(19-11-16-5-4-10-24-16)17-13(2)20-21(18(17)22)14-6-8-15(23-3)9-7-14/h6-9,16-17H,4-5,10-11H2,1-3H3/t16-,17+/m1/s1. The number of nitrogens with zero attached hydrogens (tertiary/aromatic N) is 3. The highest BCUT2D eigenvalue weighted by Gasteiger charge is 2.36. The highest BCUT2D eigenvalue weighted by molar-refractivity contribution is 6.27. The van der Waals surface area contributed by atoms with Crippen LogP contribution in [0.5, 0.6) is 5.75 Å². The molecule has 1 aromatic carbocycles. The summed E-state index contributed by atoms with van der Waals surface area (Å²) in [6.07, 6.45) is 2.32. The van der Waals surface area contributed by atoms with Crippen molar-refractivity contribution >= 4 is 23.0 Å². The van der Waals surface area contributed by atoms with Crippen molar-refractivity contribution in [2.24, 2.45) is 16.0 Å². The molecule has 0 spiro atoms. The Labute approximate surface area is 142 Å². The topological polar surface area (TPSA) is 63.5 Å². The summed E-state index contributed by atoms with van der Waals surface area (Å²) in [7, 11) is 1.61. The van der Waals surface area contributed by atoms with E-state index in [2.05, 4.69) is 10.1 Å². The van der Waals surface area contributed by atoms with Gasteiger partial charge in [-0.15, -0.1) is 0 Å². The molecule has 0 radical (unpaired) electrons. The van der Waals surface area contributed by atoms with Crippen LogP contribution in [-0.4, -0.2) is 43.7 Å². The maximum absolute atomic E-state index is 12.8. The lowest BCUT2D eigenvalue weighted by Crippen LogP contribution is -2.32. The molecule has 2 aliphatic heterocycles. The number of aliphatic imine (C=N–C) groups is 1. The lowest BCUT2D eigenvalue weighted by atomic mass is 9.99. The number of carbonyl (C=O) groups is 1. The molecule has 0 aliphatic carbocycles. The fourth-order valence-electron chi connectivity index (χ4n) is 3.08. The van der Waals surface area contributed by atoms with Gasteiger partial charge in [0.05, 0.1) is 31.2 Å². The van der Waals surface area contributed by atoms with Gasteiger partial charge in [0, 0.05) is 12.3 Å². The van der Waals surface area contributed by atoms with Crippen molar-refractivity contribution in [2.75, 3.05) is 25.3 Å². The van der Waals surface area contributed by atoms with Crippen molar-refractivity contribution in [3.63, 3.8) is 0 Å². The van der Waals surface area contributed by atoms with Crippen molar-refractivity contribution in [2.45, 2.75) is 32.8 Å². The number of anilines is 1. The number of rotatable bonds is 5. The summed E-state index contributed by atoms with van der Waals surface area (Å²) in [6, 6.07) is 7.29. The molecule has 3 rings (SSSR count). The Morgan fingerprint density at radius 2 is 2.17 bits per heavy atom. The summed E-state index contributed by atoms with van der Waals surface area (Å²) >= 11 is 0. The van der Waals surface area contributed by atoms with Gasteiger partial charge in [-0.3, -0.25) is 9.79 Å². The van der Waals surface area contributed by atoms with Gasteiger partial charge in [-0.2, -0.15) is 10.1 Å². The predicted octanol–water partition coefficient (Wildman–Crippen LogP) is 2.67. The molecule has 2 aliphatic rings. The molecule has 0 unspecified atom stereocenters. The molecule has 6 nitrogen and oxygen atoms in total. The van der Waals surface area contributed by atoms with E-state index in [0.717, 1.165) is 42.3 Å². The third-order valence-corrected chi connectivity index (χ3v) is 4.43. The van der Waals surface area contributed by atoms with Gasteiger partial charge in [0.15, 0.2) is 0 Å². The van der Waals surface area contributed by atoms with Gasteiger partial charge < -0.3 is 9.47 Å². The van der Waals surface area contributed by atoms with Gasteiger partial charge in [-0.1, -0.05) is 0 Å². The first-order chi connectivity index (χ1) is 11.6. The largest absolute Gasteiger partial charge is 0.497 e. The molecule has 0 N–H and O–H groups in total. The van der Waals surface area contributed by atoms with Crippen LogP contribution in [0.25, 0.3) is 0 Å². The number of ether oxygens (including phenoxy) is 2. The van der Waals surface area contributed by atoms with Crippen LogP contribution in [0.3, 0.4) is 0 Å². The first-order valence-corrected chi connectivity index (χ1v) is 8.26. The Hall–Kier alpha value is -2.21. The number of benzene rings is 1. The van der Waals surface area contributed by atoms with Crippen molar-refractivity contribution < 1.29 is 14.3 Å². The Kier molecular flexibility index (Phi) is 4.94. The maximum Gasteiger partial charge on any atom is 0.261 e. The molecule has 2 heterocycles. The van der Waals surface area contributed by atoms with Gasteiger partial charge in [0.2, 0.25) is 0 Å². The molecule has 24 heavy (non-hydrogen) atoms. The van der Waals surface area contributed by atoms with Crippen LogP contribution < -0.4 is 9.75 Å². The fourth-order valence-corrected chi connectivity index (χ4v) is 3.08. The first kappa shape index (κ1) is 16.6. The Balaban J connectivity index is 1.72. The number of hydrazone groups is 1. The highest BCUT2D eigenvalue weighted by atomic mass is 16.5. The molecule has 0 aromatic heterocycles. The minimum absolute atomic E-state index is 0.0637. The summed E-state index contributed by atoms with van der Waals surface area (Å²) in [4.78, 5) is 17.4. The smallest absolute Gasteiger partial charge is 0.261 e. The average molecular weight is 329 g/mol. The fraction of sp³-hybridized carbons (Fsp3) is 0.500.